The van der Waals surface area contributed by atoms with Gasteiger partial charge in [0.15, 0.2) is 0 Å². The van der Waals surface area contributed by atoms with Crippen molar-refractivity contribution in [1.29, 1.82) is 0 Å². The van der Waals surface area contributed by atoms with Crippen LogP contribution in [0.15, 0.2) is 30.3 Å². The summed E-state index contributed by atoms with van der Waals surface area (Å²) in [6.45, 7) is 11.5. The van der Waals surface area contributed by atoms with Crippen molar-refractivity contribution in [2.45, 2.75) is 58.2 Å². The predicted octanol–water partition coefficient (Wildman–Crippen LogP) is 3.38. The molecule has 1 N–H and O–H groups in total. The van der Waals surface area contributed by atoms with Crippen LogP contribution >= 0.6 is 0 Å². The van der Waals surface area contributed by atoms with Crippen LogP contribution in [0, 0.1) is 0 Å². The summed E-state index contributed by atoms with van der Waals surface area (Å²) in [5, 5.41) is 3.75. The highest BCUT2D eigenvalue weighted by molar-refractivity contribution is 5.25. The van der Waals surface area contributed by atoms with Gasteiger partial charge in [-0.3, -0.25) is 4.90 Å². The Hall–Kier alpha value is -0.860. The average molecular weight is 260 g/mol. The molecule has 0 aromatic heterocycles. The van der Waals surface area contributed by atoms with Crippen molar-refractivity contribution in [1.82, 2.24) is 10.2 Å². The first-order valence-corrected chi connectivity index (χ1v) is 7.63. The predicted molar refractivity (Wildman–Crippen MR) is 82.3 cm³/mol. The highest BCUT2D eigenvalue weighted by atomic mass is 15.3. The van der Waals surface area contributed by atoms with E-state index in [1.54, 1.807) is 0 Å². The van der Waals surface area contributed by atoms with Crippen molar-refractivity contribution in [3.63, 3.8) is 0 Å². The Labute approximate surface area is 118 Å². The molecule has 1 fully saturated rings. The Morgan fingerprint density at radius 2 is 2.00 bits per heavy atom. The number of rotatable bonds is 4. The number of hydrogen-bond donors (Lipinski definition) is 1. The molecule has 2 nitrogen and oxygen atoms in total. The van der Waals surface area contributed by atoms with Crippen molar-refractivity contribution in [2.75, 3.05) is 13.1 Å². The van der Waals surface area contributed by atoms with Crippen LogP contribution in [0.4, 0.5) is 0 Å². The molecule has 0 radical (unpaired) electrons. The summed E-state index contributed by atoms with van der Waals surface area (Å²) in [6.07, 6.45) is 2.53. The lowest BCUT2D eigenvalue weighted by atomic mass is 9.85. The van der Waals surface area contributed by atoms with Gasteiger partial charge in [0.25, 0.3) is 0 Å². The zero-order valence-electron chi connectivity index (χ0n) is 12.8. The molecule has 1 saturated heterocycles. The average Bonchev–Trinajstić information content (AvgIpc) is 2.42. The standard InChI is InChI=1S/C17H28N2/c1-5-9-16-12-19(14(2)3)17(4,13-18-16)15-10-7-6-8-11-15/h6-8,10-11,14,16,18H,5,9,12-13H2,1-4H3. The summed E-state index contributed by atoms with van der Waals surface area (Å²) in [4.78, 5) is 2.67. The van der Waals surface area contributed by atoms with Gasteiger partial charge in [-0.25, -0.2) is 0 Å². The van der Waals surface area contributed by atoms with E-state index in [-0.39, 0.29) is 5.54 Å². The third-order valence-electron chi connectivity index (χ3n) is 4.44. The van der Waals surface area contributed by atoms with Gasteiger partial charge in [-0.15, -0.1) is 0 Å². The first-order chi connectivity index (χ1) is 9.08. The smallest absolute Gasteiger partial charge is 0.0560 e. The molecule has 1 aliphatic rings. The second-order valence-corrected chi connectivity index (χ2v) is 6.25. The minimum atomic E-state index is 0.111. The van der Waals surface area contributed by atoms with Crippen molar-refractivity contribution >= 4 is 0 Å². The van der Waals surface area contributed by atoms with Crippen LogP contribution in [0.25, 0.3) is 0 Å². The molecular weight excluding hydrogens is 232 g/mol. The third kappa shape index (κ3) is 3.01. The van der Waals surface area contributed by atoms with Crippen LogP contribution in [-0.2, 0) is 5.54 Å². The fraction of sp³-hybridized carbons (Fsp3) is 0.647. The Bertz CT molecular complexity index is 388. The van der Waals surface area contributed by atoms with E-state index >= 15 is 0 Å². The number of piperazine rings is 1. The molecule has 2 rings (SSSR count). The Kier molecular flexibility index (Phi) is 4.64. The summed E-state index contributed by atoms with van der Waals surface area (Å²) in [5.74, 6) is 0. The van der Waals surface area contributed by atoms with Gasteiger partial charge in [-0.1, -0.05) is 43.7 Å². The fourth-order valence-electron chi connectivity index (χ4n) is 3.34. The molecule has 0 saturated carbocycles. The number of nitrogens with zero attached hydrogens (tertiary/aromatic N) is 1. The molecule has 1 aromatic carbocycles. The molecule has 1 aliphatic heterocycles. The first kappa shape index (κ1) is 14.5. The molecule has 2 unspecified atom stereocenters. The van der Waals surface area contributed by atoms with Gasteiger partial charge in [0.05, 0.1) is 5.54 Å². The zero-order chi connectivity index (χ0) is 13.9. The van der Waals surface area contributed by atoms with Crippen LogP contribution in [0.2, 0.25) is 0 Å². The van der Waals surface area contributed by atoms with Crippen LogP contribution in [0.1, 0.15) is 46.1 Å². The van der Waals surface area contributed by atoms with Gasteiger partial charge in [0, 0.05) is 25.2 Å². The molecule has 106 valence electrons. The summed E-state index contributed by atoms with van der Waals surface area (Å²) in [5.41, 5.74) is 1.53. The first-order valence-electron chi connectivity index (χ1n) is 7.63. The topological polar surface area (TPSA) is 15.3 Å². The van der Waals surface area contributed by atoms with E-state index in [4.69, 9.17) is 0 Å². The molecule has 19 heavy (non-hydrogen) atoms. The second-order valence-electron chi connectivity index (χ2n) is 6.25. The van der Waals surface area contributed by atoms with E-state index in [1.807, 2.05) is 0 Å². The van der Waals surface area contributed by atoms with Gasteiger partial charge < -0.3 is 5.32 Å². The highest BCUT2D eigenvalue weighted by Gasteiger charge is 2.39. The van der Waals surface area contributed by atoms with Crippen LogP contribution in [-0.4, -0.2) is 30.1 Å². The minimum absolute atomic E-state index is 0.111. The minimum Gasteiger partial charge on any atom is -0.311 e. The normalized spacial score (nSPS) is 28.8. The molecule has 0 aliphatic carbocycles. The van der Waals surface area contributed by atoms with E-state index in [2.05, 4.69) is 68.2 Å². The maximum Gasteiger partial charge on any atom is 0.0560 e. The number of nitrogens with one attached hydrogen (secondary N) is 1. The Morgan fingerprint density at radius 1 is 1.32 bits per heavy atom. The quantitative estimate of drug-likeness (QED) is 0.893. The third-order valence-corrected chi connectivity index (χ3v) is 4.44. The Balaban J connectivity index is 2.24. The van der Waals surface area contributed by atoms with E-state index in [0.717, 1.165) is 13.1 Å². The van der Waals surface area contributed by atoms with E-state index in [9.17, 15) is 0 Å². The molecular formula is C17H28N2. The van der Waals surface area contributed by atoms with Crippen molar-refractivity contribution in [3.8, 4) is 0 Å². The zero-order valence-corrected chi connectivity index (χ0v) is 12.8. The second kappa shape index (κ2) is 6.06. The maximum atomic E-state index is 3.75. The summed E-state index contributed by atoms with van der Waals surface area (Å²) >= 11 is 0. The molecule has 1 heterocycles. The summed E-state index contributed by atoms with van der Waals surface area (Å²) in [7, 11) is 0. The van der Waals surface area contributed by atoms with Gasteiger partial charge in [0.1, 0.15) is 0 Å². The summed E-state index contributed by atoms with van der Waals surface area (Å²) in [6, 6.07) is 12.1. The number of hydrogen-bond acceptors (Lipinski definition) is 2. The van der Waals surface area contributed by atoms with Crippen molar-refractivity contribution in [2.24, 2.45) is 0 Å². The van der Waals surface area contributed by atoms with Crippen molar-refractivity contribution in [3.05, 3.63) is 35.9 Å². The monoisotopic (exact) mass is 260 g/mol. The van der Waals surface area contributed by atoms with Gasteiger partial charge >= 0.3 is 0 Å². The number of benzene rings is 1. The molecule has 2 atom stereocenters. The van der Waals surface area contributed by atoms with E-state index in [0.29, 0.717) is 12.1 Å². The SMILES string of the molecule is CCCC1CN(C(C)C)C(C)(c2ccccc2)CN1. The summed E-state index contributed by atoms with van der Waals surface area (Å²) < 4.78 is 0. The molecule has 2 heteroatoms. The molecule has 0 spiro atoms. The lowest BCUT2D eigenvalue weighted by Gasteiger charge is -2.50. The van der Waals surface area contributed by atoms with Crippen LogP contribution in [0.5, 0.6) is 0 Å². The maximum absolute atomic E-state index is 3.75. The van der Waals surface area contributed by atoms with Gasteiger partial charge in [-0.05, 0) is 32.8 Å². The van der Waals surface area contributed by atoms with Crippen LogP contribution < -0.4 is 5.32 Å². The van der Waals surface area contributed by atoms with Gasteiger partial charge in [0.2, 0.25) is 0 Å². The van der Waals surface area contributed by atoms with Gasteiger partial charge in [-0.2, -0.15) is 0 Å². The van der Waals surface area contributed by atoms with E-state index < -0.39 is 0 Å². The lowest BCUT2D eigenvalue weighted by Crippen LogP contribution is -2.63. The molecule has 0 amide bonds. The highest BCUT2D eigenvalue weighted by Crippen LogP contribution is 2.32. The largest absolute Gasteiger partial charge is 0.311 e. The molecule has 0 bridgehead atoms. The molecule has 1 aromatic rings. The Morgan fingerprint density at radius 3 is 2.58 bits per heavy atom. The fourth-order valence-corrected chi connectivity index (χ4v) is 3.34. The van der Waals surface area contributed by atoms with E-state index in [1.165, 1.54) is 18.4 Å². The van der Waals surface area contributed by atoms with Crippen LogP contribution in [0.3, 0.4) is 0 Å². The lowest BCUT2D eigenvalue weighted by molar-refractivity contribution is 0.0202. The van der Waals surface area contributed by atoms with Crippen molar-refractivity contribution < 1.29 is 0 Å².